The van der Waals surface area contributed by atoms with E-state index in [1.165, 1.54) is 0 Å². The zero-order chi connectivity index (χ0) is 23.5. The normalized spacial score (nSPS) is 9.87. The van der Waals surface area contributed by atoms with Gasteiger partial charge in [0.25, 0.3) is 0 Å². The van der Waals surface area contributed by atoms with Crippen molar-refractivity contribution in [2.75, 3.05) is 14.2 Å². The predicted molar refractivity (Wildman–Crippen MR) is 79.6 cm³/mol. The molecule has 166 valence electrons. The Morgan fingerprint density at radius 2 is 0.742 bits per heavy atom. The first-order valence-corrected chi connectivity index (χ1v) is 7.09. The number of carboxylic acid groups (broad SMARTS) is 2. The number of hydrogen-bond donors (Lipinski definition) is 2. The van der Waals surface area contributed by atoms with Crippen LogP contribution in [0, 0.1) is 46.5 Å². The first kappa shape index (κ1) is 28.0. The summed E-state index contributed by atoms with van der Waals surface area (Å²) in [5.74, 6) is -22.3. The zero-order valence-electron chi connectivity index (χ0n) is 15.3. The SMILES string of the molecule is COc1c(F)c(F)c(C(=O)O)c(F)c1F.COc1c(F)c(F)c(C(=O)O)c(F)c1F.[Zn]. The summed E-state index contributed by atoms with van der Waals surface area (Å²) < 4.78 is 111. The van der Waals surface area contributed by atoms with Crippen molar-refractivity contribution in [1.82, 2.24) is 0 Å². The maximum Gasteiger partial charge on any atom is 0.341 e. The molecule has 0 amide bonds. The molecule has 0 saturated heterocycles. The molecule has 6 nitrogen and oxygen atoms in total. The van der Waals surface area contributed by atoms with Crippen molar-refractivity contribution in [1.29, 1.82) is 0 Å². The average molecular weight is 514 g/mol. The second-order valence-corrected chi connectivity index (χ2v) is 4.94. The van der Waals surface area contributed by atoms with E-state index in [-0.39, 0.29) is 19.5 Å². The molecule has 0 heterocycles. The Bertz CT molecular complexity index is 891. The number of hydrogen-bond acceptors (Lipinski definition) is 4. The van der Waals surface area contributed by atoms with Gasteiger partial charge in [0, 0.05) is 19.5 Å². The number of carbonyl (C=O) groups is 2. The van der Waals surface area contributed by atoms with Gasteiger partial charge in [-0.3, -0.25) is 0 Å². The van der Waals surface area contributed by atoms with Gasteiger partial charge < -0.3 is 19.7 Å². The van der Waals surface area contributed by atoms with Crippen LogP contribution in [0.1, 0.15) is 20.7 Å². The minimum absolute atomic E-state index is 0. The number of aromatic carboxylic acids is 2. The van der Waals surface area contributed by atoms with Crippen molar-refractivity contribution in [2.24, 2.45) is 0 Å². The van der Waals surface area contributed by atoms with Gasteiger partial charge in [-0.2, -0.15) is 17.6 Å². The van der Waals surface area contributed by atoms with Gasteiger partial charge in [-0.15, -0.1) is 0 Å². The number of ether oxygens (including phenoxy) is 2. The Labute approximate surface area is 179 Å². The maximum absolute atomic E-state index is 12.9. The third-order valence-corrected chi connectivity index (χ3v) is 3.28. The fourth-order valence-corrected chi connectivity index (χ4v) is 1.96. The molecule has 15 heteroatoms. The minimum atomic E-state index is -2.11. The van der Waals surface area contributed by atoms with Gasteiger partial charge in [-0.25, -0.2) is 27.2 Å². The van der Waals surface area contributed by atoms with Crippen LogP contribution in [-0.4, -0.2) is 36.4 Å². The van der Waals surface area contributed by atoms with Crippen LogP contribution in [-0.2, 0) is 19.5 Å². The van der Waals surface area contributed by atoms with Crippen LogP contribution in [0.15, 0.2) is 0 Å². The van der Waals surface area contributed by atoms with Crippen molar-refractivity contribution in [3.8, 4) is 11.5 Å². The molecule has 0 aliphatic carbocycles. The quantitative estimate of drug-likeness (QED) is 0.366. The van der Waals surface area contributed by atoms with E-state index in [1.54, 1.807) is 0 Å². The van der Waals surface area contributed by atoms with Gasteiger partial charge in [0.15, 0.2) is 34.8 Å². The fraction of sp³-hybridized carbons (Fsp3) is 0.125. The van der Waals surface area contributed by atoms with Crippen molar-refractivity contribution in [3.05, 3.63) is 57.7 Å². The molecule has 0 aliphatic rings. The number of rotatable bonds is 4. The third-order valence-electron chi connectivity index (χ3n) is 3.28. The molecule has 31 heavy (non-hydrogen) atoms. The Morgan fingerprint density at radius 3 is 0.871 bits per heavy atom. The molecule has 2 N–H and O–H groups in total. The van der Waals surface area contributed by atoms with E-state index in [9.17, 15) is 44.7 Å². The fourth-order valence-electron chi connectivity index (χ4n) is 1.96. The van der Waals surface area contributed by atoms with E-state index in [0.717, 1.165) is 14.2 Å². The molecule has 0 fully saturated rings. The van der Waals surface area contributed by atoms with Crippen LogP contribution in [0.25, 0.3) is 0 Å². The van der Waals surface area contributed by atoms with E-state index >= 15 is 0 Å². The molecule has 0 saturated carbocycles. The summed E-state index contributed by atoms with van der Waals surface area (Å²) in [4.78, 5) is 20.6. The Kier molecular flexibility index (Phi) is 9.85. The van der Waals surface area contributed by atoms with Gasteiger partial charge in [0.05, 0.1) is 14.2 Å². The van der Waals surface area contributed by atoms with Gasteiger partial charge in [0.1, 0.15) is 11.1 Å². The molecule has 2 rings (SSSR count). The molecule has 0 aromatic heterocycles. The topological polar surface area (TPSA) is 93.1 Å². The summed E-state index contributed by atoms with van der Waals surface area (Å²) >= 11 is 0. The van der Waals surface area contributed by atoms with Crippen LogP contribution in [0.5, 0.6) is 11.5 Å². The monoisotopic (exact) mass is 512 g/mol. The maximum atomic E-state index is 12.9. The van der Waals surface area contributed by atoms with E-state index in [4.69, 9.17) is 10.2 Å². The summed E-state index contributed by atoms with van der Waals surface area (Å²) in [6.07, 6.45) is 0. The van der Waals surface area contributed by atoms with Crippen LogP contribution < -0.4 is 9.47 Å². The zero-order valence-corrected chi connectivity index (χ0v) is 18.2. The average Bonchev–Trinajstić information content (AvgIpc) is 2.66. The van der Waals surface area contributed by atoms with Crippen molar-refractivity contribution in [3.63, 3.8) is 0 Å². The van der Waals surface area contributed by atoms with Crippen molar-refractivity contribution >= 4 is 11.9 Å². The van der Waals surface area contributed by atoms with Crippen LogP contribution in [0.3, 0.4) is 0 Å². The molecule has 0 unspecified atom stereocenters. The van der Waals surface area contributed by atoms with E-state index < -0.39 is 81.1 Å². The summed E-state index contributed by atoms with van der Waals surface area (Å²) in [7, 11) is 1.58. The molecule has 0 radical (unpaired) electrons. The molecular formula is C16H8F8O6Zn. The summed E-state index contributed by atoms with van der Waals surface area (Å²) in [6, 6.07) is 0. The van der Waals surface area contributed by atoms with Crippen molar-refractivity contribution < 1.29 is 83.9 Å². The second-order valence-electron chi connectivity index (χ2n) is 4.94. The van der Waals surface area contributed by atoms with Gasteiger partial charge in [-0.05, 0) is 0 Å². The molecular weight excluding hydrogens is 506 g/mol. The summed E-state index contributed by atoms with van der Waals surface area (Å²) in [5.41, 5.74) is -3.38. The van der Waals surface area contributed by atoms with Crippen LogP contribution in [0.2, 0.25) is 0 Å². The third kappa shape index (κ3) is 5.21. The van der Waals surface area contributed by atoms with Gasteiger partial charge in [-0.1, -0.05) is 0 Å². The number of carboxylic acids is 2. The molecule has 0 atom stereocenters. The first-order valence-electron chi connectivity index (χ1n) is 7.09. The van der Waals surface area contributed by atoms with Crippen LogP contribution in [0.4, 0.5) is 35.1 Å². The summed E-state index contributed by atoms with van der Waals surface area (Å²) in [5, 5.41) is 16.6. The minimum Gasteiger partial charge on any atom is -0.491 e. The Balaban J connectivity index is 0.000000562. The van der Waals surface area contributed by atoms with Crippen molar-refractivity contribution in [2.45, 2.75) is 0 Å². The standard InChI is InChI=1S/2C8H4F4O3.Zn/c2*1-15-7-5(11)3(9)2(8(13)14)4(10)6(7)12;/h2*1H3,(H,13,14);. The van der Waals surface area contributed by atoms with E-state index in [1.807, 2.05) is 0 Å². The summed E-state index contributed by atoms with van der Waals surface area (Å²) in [6.45, 7) is 0. The molecule has 0 aliphatic heterocycles. The Hall–Kier alpha value is -2.96. The van der Waals surface area contributed by atoms with Gasteiger partial charge >= 0.3 is 11.9 Å². The molecule has 0 spiro atoms. The number of halogens is 8. The molecule has 2 aromatic rings. The second kappa shape index (κ2) is 10.9. The van der Waals surface area contributed by atoms with Crippen LogP contribution >= 0.6 is 0 Å². The first-order chi connectivity index (χ1) is 13.8. The largest absolute Gasteiger partial charge is 0.491 e. The number of benzene rings is 2. The molecule has 0 bridgehead atoms. The van der Waals surface area contributed by atoms with E-state index in [0.29, 0.717) is 0 Å². The smallest absolute Gasteiger partial charge is 0.341 e. The molecule has 2 aromatic carbocycles. The van der Waals surface area contributed by atoms with Gasteiger partial charge in [0.2, 0.25) is 23.3 Å². The Morgan fingerprint density at radius 1 is 0.548 bits per heavy atom. The number of methoxy groups -OCH3 is 2. The predicted octanol–water partition coefficient (Wildman–Crippen LogP) is 3.90. The van der Waals surface area contributed by atoms with E-state index in [2.05, 4.69) is 9.47 Å².